The number of nitrogens with zero attached hydrogens (tertiary/aromatic N) is 2. The Labute approximate surface area is 116 Å². The molecule has 0 aliphatic carbocycles. The van der Waals surface area contributed by atoms with Gasteiger partial charge in [-0.05, 0) is 5.56 Å². The molecule has 0 radical (unpaired) electrons. The first-order valence-corrected chi connectivity index (χ1v) is 6.87. The summed E-state index contributed by atoms with van der Waals surface area (Å²) in [5.74, 6) is -0.0918. The smallest absolute Gasteiger partial charge is 0.265 e. The molecular formula is C14H16N2O2S. The Hall–Kier alpha value is -1.72. The monoisotopic (exact) mass is 276 g/mol. The van der Waals surface area contributed by atoms with E-state index in [-0.39, 0.29) is 12.5 Å². The van der Waals surface area contributed by atoms with Gasteiger partial charge in [-0.2, -0.15) is 0 Å². The lowest BCUT2D eigenvalue weighted by Gasteiger charge is -2.13. The van der Waals surface area contributed by atoms with Crippen LogP contribution in [0.3, 0.4) is 0 Å². The molecule has 0 atom stereocenters. The second-order valence-corrected chi connectivity index (χ2v) is 5.35. The van der Waals surface area contributed by atoms with Crippen LogP contribution in [-0.2, 0) is 6.42 Å². The lowest BCUT2D eigenvalue weighted by Crippen LogP contribution is -2.28. The van der Waals surface area contributed by atoms with E-state index in [1.54, 1.807) is 13.2 Å². The summed E-state index contributed by atoms with van der Waals surface area (Å²) < 4.78 is 0. The lowest BCUT2D eigenvalue weighted by atomic mass is 10.2. The molecule has 4 nitrogen and oxygen atoms in total. The van der Waals surface area contributed by atoms with Crippen molar-refractivity contribution in [3.63, 3.8) is 0 Å². The van der Waals surface area contributed by atoms with E-state index in [1.165, 1.54) is 21.8 Å². The fourth-order valence-corrected chi connectivity index (χ4v) is 2.65. The molecule has 1 aromatic carbocycles. The molecule has 0 saturated carbocycles. The van der Waals surface area contributed by atoms with Gasteiger partial charge < -0.3 is 10.0 Å². The third kappa shape index (κ3) is 3.62. The van der Waals surface area contributed by atoms with Crippen molar-refractivity contribution in [2.75, 3.05) is 20.2 Å². The third-order valence-corrected chi connectivity index (χ3v) is 3.73. The average Bonchev–Trinajstić information content (AvgIpc) is 2.88. The van der Waals surface area contributed by atoms with Gasteiger partial charge in [0.2, 0.25) is 0 Å². The highest BCUT2D eigenvalue weighted by molar-refractivity contribution is 7.13. The first-order valence-electron chi connectivity index (χ1n) is 6.05. The molecule has 100 valence electrons. The molecule has 0 spiro atoms. The summed E-state index contributed by atoms with van der Waals surface area (Å²) in [5, 5.41) is 9.75. The first kappa shape index (κ1) is 13.7. The summed E-state index contributed by atoms with van der Waals surface area (Å²) in [6.07, 6.45) is 2.35. The SMILES string of the molecule is CN(CCO)C(=O)c1cnc(Cc2ccccc2)s1. The number of hydrogen-bond donors (Lipinski definition) is 1. The van der Waals surface area contributed by atoms with Gasteiger partial charge in [0.1, 0.15) is 4.88 Å². The Morgan fingerprint density at radius 3 is 2.79 bits per heavy atom. The van der Waals surface area contributed by atoms with Crippen LogP contribution in [-0.4, -0.2) is 41.1 Å². The highest BCUT2D eigenvalue weighted by Gasteiger charge is 2.14. The van der Waals surface area contributed by atoms with Crippen molar-refractivity contribution in [1.82, 2.24) is 9.88 Å². The molecule has 0 aliphatic heterocycles. The highest BCUT2D eigenvalue weighted by atomic mass is 32.1. The average molecular weight is 276 g/mol. The molecule has 2 aromatic rings. The minimum Gasteiger partial charge on any atom is -0.395 e. The van der Waals surface area contributed by atoms with Crippen LogP contribution < -0.4 is 0 Å². The second-order valence-electron chi connectivity index (χ2n) is 4.23. The van der Waals surface area contributed by atoms with Crippen molar-refractivity contribution in [3.05, 3.63) is 52.0 Å². The molecule has 5 heteroatoms. The van der Waals surface area contributed by atoms with Crippen molar-refractivity contribution >= 4 is 17.2 Å². The minimum atomic E-state index is -0.0918. The van der Waals surface area contributed by atoms with Crippen LogP contribution in [0.25, 0.3) is 0 Å². The minimum absolute atomic E-state index is 0.0298. The van der Waals surface area contributed by atoms with Crippen LogP contribution >= 0.6 is 11.3 Å². The number of hydrogen-bond acceptors (Lipinski definition) is 4. The van der Waals surface area contributed by atoms with Crippen LogP contribution in [0.15, 0.2) is 36.5 Å². The third-order valence-electron chi connectivity index (χ3n) is 2.74. The van der Waals surface area contributed by atoms with Gasteiger partial charge in [-0.3, -0.25) is 4.79 Å². The maximum atomic E-state index is 12.0. The van der Waals surface area contributed by atoms with E-state index in [0.717, 1.165) is 11.4 Å². The summed E-state index contributed by atoms with van der Waals surface area (Å²) >= 11 is 1.41. The van der Waals surface area contributed by atoms with Gasteiger partial charge in [0, 0.05) is 20.0 Å². The summed E-state index contributed by atoms with van der Waals surface area (Å²) in [7, 11) is 1.68. The van der Waals surface area contributed by atoms with Crippen molar-refractivity contribution in [2.45, 2.75) is 6.42 Å². The van der Waals surface area contributed by atoms with Gasteiger partial charge >= 0.3 is 0 Å². The van der Waals surface area contributed by atoms with Crippen molar-refractivity contribution in [1.29, 1.82) is 0 Å². The number of benzene rings is 1. The molecule has 0 fully saturated rings. The van der Waals surface area contributed by atoms with E-state index in [0.29, 0.717) is 11.4 Å². The summed E-state index contributed by atoms with van der Waals surface area (Å²) in [6.45, 7) is 0.308. The van der Waals surface area contributed by atoms with E-state index < -0.39 is 0 Å². The van der Waals surface area contributed by atoms with Gasteiger partial charge in [-0.25, -0.2) is 4.98 Å². The maximum Gasteiger partial charge on any atom is 0.265 e. The topological polar surface area (TPSA) is 53.4 Å². The first-order chi connectivity index (χ1) is 9.20. The molecule has 19 heavy (non-hydrogen) atoms. The quantitative estimate of drug-likeness (QED) is 0.906. The second kappa shape index (κ2) is 6.45. The standard InChI is InChI=1S/C14H16N2O2S/c1-16(7-8-17)14(18)12-10-15-13(19-12)9-11-5-3-2-4-6-11/h2-6,10,17H,7-9H2,1H3. The Bertz CT molecular complexity index is 539. The van der Waals surface area contributed by atoms with E-state index in [1.807, 2.05) is 30.3 Å². The Balaban J connectivity index is 2.05. The number of rotatable bonds is 5. The zero-order valence-corrected chi connectivity index (χ0v) is 11.6. The molecule has 1 heterocycles. The molecule has 2 rings (SSSR count). The van der Waals surface area contributed by atoms with Gasteiger partial charge in [0.25, 0.3) is 5.91 Å². The molecular weight excluding hydrogens is 260 g/mol. The zero-order chi connectivity index (χ0) is 13.7. The number of thiazole rings is 1. The van der Waals surface area contributed by atoms with Crippen LogP contribution in [0.1, 0.15) is 20.2 Å². The number of carbonyl (C=O) groups is 1. The van der Waals surface area contributed by atoms with Crippen LogP contribution in [0, 0.1) is 0 Å². The van der Waals surface area contributed by atoms with E-state index in [9.17, 15) is 4.79 Å². The van der Waals surface area contributed by atoms with Crippen molar-refractivity contribution in [3.8, 4) is 0 Å². The predicted octanol–water partition coefficient (Wildman–Crippen LogP) is 1.80. The van der Waals surface area contributed by atoms with Gasteiger partial charge in [-0.1, -0.05) is 30.3 Å². The normalized spacial score (nSPS) is 10.4. The highest BCUT2D eigenvalue weighted by Crippen LogP contribution is 2.18. The fraction of sp³-hybridized carbons (Fsp3) is 0.286. The van der Waals surface area contributed by atoms with Crippen LogP contribution in [0.2, 0.25) is 0 Å². The van der Waals surface area contributed by atoms with Gasteiger partial charge in [0.05, 0.1) is 17.8 Å². The molecule has 1 amide bonds. The number of likely N-dealkylation sites (N-methyl/N-ethyl adjacent to an activating group) is 1. The number of carbonyl (C=O) groups excluding carboxylic acids is 1. The zero-order valence-electron chi connectivity index (χ0n) is 10.7. The molecule has 1 N–H and O–H groups in total. The van der Waals surface area contributed by atoms with E-state index in [2.05, 4.69) is 4.98 Å². The summed E-state index contributed by atoms with van der Waals surface area (Å²) in [4.78, 5) is 18.4. The summed E-state index contributed by atoms with van der Waals surface area (Å²) in [6, 6.07) is 10.0. The number of aromatic nitrogens is 1. The fourth-order valence-electron chi connectivity index (χ4n) is 1.70. The van der Waals surface area contributed by atoms with E-state index in [4.69, 9.17) is 5.11 Å². The number of aliphatic hydroxyl groups is 1. The molecule has 1 aromatic heterocycles. The molecule has 0 saturated heterocycles. The van der Waals surface area contributed by atoms with Gasteiger partial charge in [-0.15, -0.1) is 11.3 Å². The summed E-state index contributed by atoms with van der Waals surface area (Å²) in [5.41, 5.74) is 1.18. The molecule has 0 bridgehead atoms. The largest absolute Gasteiger partial charge is 0.395 e. The Kier molecular flexibility index (Phi) is 4.65. The Morgan fingerprint density at radius 2 is 2.11 bits per heavy atom. The molecule has 0 unspecified atom stereocenters. The molecule has 0 aliphatic rings. The van der Waals surface area contributed by atoms with Crippen LogP contribution in [0.4, 0.5) is 0 Å². The van der Waals surface area contributed by atoms with Crippen molar-refractivity contribution < 1.29 is 9.90 Å². The van der Waals surface area contributed by atoms with E-state index >= 15 is 0 Å². The number of amides is 1. The lowest BCUT2D eigenvalue weighted by molar-refractivity contribution is 0.0771. The number of aliphatic hydroxyl groups excluding tert-OH is 1. The maximum absolute atomic E-state index is 12.0. The van der Waals surface area contributed by atoms with Crippen molar-refractivity contribution in [2.24, 2.45) is 0 Å². The van der Waals surface area contributed by atoms with Crippen LogP contribution in [0.5, 0.6) is 0 Å². The van der Waals surface area contributed by atoms with Gasteiger partial charge in [0.15, 0.2) is 0 Å². The predicted molar refractivity (Wildman–Crippen MR) is 75.4 cm³/mol. The Morgan fingerprint density at radius 1 is 1.37 bits per heavy atom.